The molecule has 21 heavy (non-hydrogen) atoms. The van der Waals surface area contributed by atoms with E-state index in [0.717, 1.165) is 14.2 Å². The summed E-state index contributed by atoms with van der Waals surface area (Å²) in [6.45, 7) is 0. The lowest BCUT2D eigenvalue weighted by molar-refractivity contribution is -0.132. The smallest absolute Gasteiger partial charge is 0.341 e. The van der Waals surface area contributed by atoms with Gasteiger partial charge in [-0.15, -0.1) is 0 Å². The van der Waals surface area contributed by atoms with E-state index in [1.807, 2.05) is 0 Å². The number of esters is 1. The molecule has 0 saturated heterocycles. The molecule has 0 aliphatic carbocycles. The fourth-order valence-corrected chi connectivity index (χ4v) is 1.97. The minimum absolute atomic E-state index is 0.927. The predicted molar refractivity (Wildman–Crippen MR) is 58.4 cm³/mol. The molecular weight excluding hydrogens is 326 g/mol. The summed E-state index contributed by atoms with van der Waals surface area (Å²) in [6.07, 6.45) is -1.08. The van der Waals surface area contributed by atoms with Gasteiger partial charge in [0.2, 0.25) is 34.8 Å². The number of halogens is 5. The van der Waals surface area contributed by atoms with Crippen LogP contribution in [0.4, 0.5) is 22.0 Å². The van der Waals surface area contributed by atoms with Crippen molar-refractivity contribution < 1.29 is 45.1 Å². The maximum atomic E-state index is 13.2. The molecular formula is C10H8F5O5P. The van der Waals surface area contributed by atoms with Gasteiger partial charge in [-0.05, 0) is 0 Å². The zero-order chi connectivity index (χ0) is 16.4. The maximum Gasteiger partial charge on any atom is 0.341 e. The third-order valence-electron chi connectivity index (χ3n) is 2.26. The van der Waals surface area contributed by atoms with E-state index >= 15 is 0 Å². The first-order valence-corrected chi connectivity index (χ1v) is 6.82. The number of ether oxygens (including phenoxy) is 1. The van der Waals surface area contributed by atoms with Gasteiger partial charge < -0.3 is 13.8 Å². The van der Waals surface area contributed by atoms with Crippen molar-refractivity contribution in [2.75, 3.05) is 20.4 Å². The van der Waals surface area contributed by atoms with E-state index in [1.54, 1.807) is 0 Å². The summed E-state index contributed by atoms with van der Waals surface area (Å²) in [7, 11) is -2.07. The Morgan fingerprint density at radius 3 is 1.67 bits per heavy atom. The molecule has 0 spiro atoms. The van der Waals surface area contributed by atoms with E-state index in [4.69, 9.17) is 0 Å². The van der Waals surface area contributed by atoms with Crippen LogP contribution in [-0.4, -0.2) is 26.4 Å². The number of benzene rings is 1. The molecule has 0 heterocycles. The van der Waals surface area contributed by atoms with Crippen LogP contribution in [0.3, 0.4) is 0 Å². The lowest BCUT2D eigenvalue weighted by atomic mass is 10.2. The second-order valence-corrected chi connectivity index (χ2v) is 5.78. The fourth-order valence-electron chi connectivity index (χ4n) is 1.18. The minimum atomic E-state index is -3.92. The third kappa shape index (κ3) is 3.58. The normalized spacial score (nSPS) is 11.6. The van der Waals surface area contributed by atoms with Gasteiger partial charge in [-0.25, -0.2) is 13.2 Å². The van der Waals surface area contributed by atoms with Crippen LogP contribution in [0.15, 0.2) is 0 Å². The molecule has 1 aromatic carbocycles. The van der Waals surface area contributed by atoms with Crippen LogP contribution in [-0.2, 0) is 18.4 Å². The van der Waals surface area contributed by atoms with E-state index < -0.39 is 54.6 Å². The Morgan fingerprint density at radius 1 is 0.905 bits per heavy atom. The zero-order valence-electron chi connectivity index (χ0n) is 10.6. The molecule has 0 bridgehead atoms. The van der Waals surface area contributed by atoms with Crippen molar-refractivity contribution in [2.24, 2.45) is 0 Å². The van der Waals surface area contributed by atoms with Gasteiger partial charge in [0.25, 0.3) is 0 Å². The number of rotatable bonds is 5. The van der Waals surface area contributed by atoms with Crippen LogP contribution in [0, 0.1) is 29.1 Å². The first-order valence-electron chi connectivity index (χ1n) is 5.09. The SMILES string of the molecule is COP(=O)(CC(=O)Oc1c(F)c(F)c(F)c(F)c1F)OC. The molecule has 1 aromatic rings. The molecule has 0 saturated carbocycles. The molecule has 118 valence electrons. The van der Waals surface area contributed by atoms with Gasteiger partial charge in [-0.2, -0.15) is 8.78 Å². The summed E-state index contributed by atoms with van der Waals surface area (Å²) in [5.41, 5.74) is 0. The van der Waals surface area contributed by atoms with Crippen LogP contribution >= 0.6 is 7.60 Å². The Balaban J connectivity index is 3.10. The van der Waals surface area contributed by atoms with Gasteiger partial charge >= 0.3 is 13.6 Å². The maximum absolute atomic E-state index is 13.2. The summed E-state index contributed by atoms with van der Waals surface area (Å²) >= 11 is 0. The van der Waals surface area contributed by atoms with Crippen LogP contribution < -0.4 is 4.74 Å². The Hall–Kier alpha value is -1.51. The van der Waals surface area contributed by atoms with Crippen molar-refractivity contribution in [1.82, 2.24) is 0 Å². The van der Waals surface area contributed by atoms with Gasteiger partial charge in [-0.1, -0.05) is 0 Å². The molecule has 0 aliphatic rings. The Kier molecular flexibility index (Phi) is 5.43. The average Bonchev–Trinajstić information content (AvgIpc) is 2.47. The highest BCUT2D eigenvalue weighted by molar-refractivity contribution is 7.54. The summed E-state index contributed by atoms with van der Waals surface area (Å²) < 4.78 is 89.3. The van der Waals surface area contributed by atoms with Gasteiger partial charge in [0.1, 0.15) is 6.16 Å². The van der Waals surface area contributed by atoms with Crippen molar-refractivity contribution in [3.8, 4) is 5.75 Å². The molecule has 0 aromatic heterocycles. The highest BCUT2D eigenvalue weighted by Gasteiger charge is 2.32. The number of hydrogen-bond donors (Lipinski definition) is 0. The molecule has 11 heteroatoms. The third-order valence-corrected chi connectivity index (χ3v) is 4.02. The van der Waals surface area contributed by atoms with E-state index in [0.29, 0.717) is 0 Å². The van der Waals surface area contributed by atoms with Gasteiger partial charge in [0, 0.05) is 14.2 Å². The Labute approximate surface area is 115 Å². The lowest BCUT2D eigenvalue weighted by Crippen LogP contribution is -2.17. The van der Waals surface area contributed by atoms with Crippen molar-refractivity contribution in [2.45, 2.75) is 0 Å². The Bertz CT molecular complexity index is 583. The van der Waals surface area contributed by atoms with Gasteiger partial charge in [0.15, 0.2) is 0 Å². The highest BCUT2D eigenvalue weighted by Crippen LogP contribution is 2.46. The average molecular weight is 334 g/mol. The van der Waals surface area contributed by atoms with E-state index in [9.17, 15) is 31.3 Å². The van der Waals surface area contributed by atoms with E-state index in [1.165, 1.54) is 0 Å². The molecule has 0 N–H and O–H groups in total. The molecule has 0 aliphatic heterocycles. The van der Waals surface area contributed by atoms with Crippen molar-refractivity contribution in [3.05, 3.63) is 29.1 Å². The van der Waals surface area contributed by atoms with E-state index in [2.05, 4.69) is 13.8 Å². The second kappa shape index (κ2) is 6.50. The quantitative estimate of drug-likeness (QED) is 0.207. The van der Waals surface area contributed by atoms with Gasteiger partial charge in [0.05, 0.1) is 0 Å². The molecule has 1 rings (SSSR count). The molecule has 0 radical (unpaired) electrons. The largest absolute Gasteiger partial charge is 0.419 e. The first-order chi connectivity index (χ1) is 9.66. The molecule has 0 atom stereocenters. The predicted octanol–water partition coefficient (Wildman–Crippen LogP) is 2.77. The fraction of sp³-hybridized carbons (Fsp3) is 0.300. The number of carbonyl (C=O) groups is 1. The monoisotopic (exact) mass is 334 g/mol. The van der Waals surface area contributed by atoms with Crippen molar-refractivity contribution in [3.63, 3.8) is 0 Å². The molecule has 0 amide bonds. The molecule has 0 fully saturated rings. The van der Waals surface area contributed by atoms with Crippen LogP contribution in [0.2, 0.25) is 0 Å². The first kappa shape index (κ1) is 17.5. The zero-order valence-corrected chi connectivity index (χ0v) is 11.5. The molecule has 5 nitrogen and oxygen atoms in total. The van der Waals surface area contributed by atoms with Crippen molar-refractivity contribution in [1.29, 1.82) is 0 Å². The molecule has 0 unspecified atom stereocenters. The highest BCUT2D eigenvalue weighted by atomic mass is 31.2. The van der Waals surface area contributed by atoms with Gasteiger partial charge in [-0.3, -0.25) is 9.36 Å². The summed E-state index contributed by atoms with van der Waals surface area (Å²) in [5.74, 6) is -15.0. The summed E-state index contributed by atoms with van der Waals surface area (Å²) in [4.78, 5) is 11.3. The van der Waals surface area contributed by atoms with Crippen molar-refractivity contribution >= 4 is 13.6 Å². The van der Waals surface area contributed by atoms with Crippen LogP contribution in [0.1, 0.15) is 0 Å². The summed E-state index contributed by atoms with van der Waals surface area (Å²) in [5, 5.41) is 0. The number of carbonyl (C=O) groups excluding carboxylic acids is 1. The van der Waals surface area contributed by atoms with Crippen LogP contribution in [0.25, 0.3) is 0 Å². The Morgan fingerprint density at radius 2 is 1.29 bits per heavy atom. The number of hydrogen-bond acceptors (Lipinski definition) is 5. The topological polar surface area (TPSA) is 61.8 Å². The second-order valence-electron chi connectivity index (χ2n) is 3.51. The minimum Gasteiger partial charge on any atom is -0.419 e. The standard InChI is InChI=1S/C10H8F5O5P/c1-18-21(17,19-2)3-4(16)20-10-8(14)6(12)5(11)7(13)9(10)15/h3H2,1-2H3. The summed E-state index contributed by atoms with van der Waals surface area (Å²) in [6, 6.07) is 0. The van der Waals surface area contributed by atoms with E-state index in [-0.39, 0.29) is 0 Å². The van der Waals surface area contributed by atoms with Crippen LogP contribution in [0.5, 0.6) is 5.75 Å². The lowest BCUT2D eigenvalue weighted by Gasteiger charge is -2.13.